The highest BCUT2D eigenvalue weighted by atomic mass is 16.5. The van der Waals surface area contributed by atoms with Gasteiger partial charge in [0.15, 0.2) is 0 Å². The molecule has 2 aromatic carbocycles. The maximum Gasteiger partial charge on any atom is 0.312 e. The molecule has 26 heavy (non-hydrogen) atoms. The first-order valence-corrected chi connectivity index (χ1v) is 9.00. The van der Waals surface area contributed by atoms with E-state index in [2.05, 4.69) is 0 Å². The van der Waals surface area contributed by atoms with Gasteiger partial charge in [0.1, 0.15) is 13.2 Å². The van der Waals surface area contributed by atoms with Crippen molar-refractivity contribution in [2.45, 2.75) is 46.3 Å². The molecule has 0 heterocycles. The smallest absolute Gasteiger partial charge is 0.312 e. The van der Waals surface area contributed by atoms with Crippen LogP contribution >= 0.6 is 0 Å². The zero-order valence-electron chi connectivity index (χ0n) is 15.4. The summed E-state index contributed by atoms with van der Waals surface area (Å²) in [5, 5.41) is 0. The van der Waals surface area contributed by atoms with Crippen molar-refractivity contribution in [1.29, 1.82) is 0 Å². The predicted octanol–water partition coefficient (Wildman–Crippen LogP) is 4.67. The molecule has 4 nitrogen and oxygen atoms in total. The molecule has 0 amide bonds. The normalized spacial score (nSPS) is 11.0. The highest BCUT2D eigenvalue weighted by Crippen LogP contribution is 2.33. The Hall–Kier alpha value is -2.62. The molecule has 0 unspecified atom stereocenters. The third-order valence-electron chi connectivity index (χ3n) is 4.72. The molecule has 0 fully saturated rings. The second-order valence-electron chi connectivity index (χ2n) is 6.37. The van der Waals surface area contributed by atoms with Crippen LogP contribution < -0.4 is 0 Å². The van der Waals surface area contributed by atoms with E-state index in [1.807, 2.05) is 74.5 Å². The number of hydrogen-bond donors (Lipinski definition) is 0. The van der Waals surface area contributed by atoms with E-state index >= 15 is 0 Å². The molecule has 138 valence electrons. The van der Waals surface area contributed by atoms with E-state index in [-0.39, 0.29) is 31.6 Å². The van der Waals surface area contributed by atoms with Gasteiger partial charge in [0.25, 0.3) is 0 Å². The van der Waals surface area contributed by atoms with Crippen molar-refractivity contribution in [2.24, 2.45) is 5.41 Å². The monoisotopic (exact) mass is 354 g/mol. The van der Waals surface area contributed by atoms with Crippen LogP contribution in [0.4, 0.5) is 0 Å². The van der Waals surface area contributed by atoms with E-state index in [0.29, 0.717) is 12.8 Å². The van der Waals surface area contributed by atoms with Gasteiger partial charge in [0, 0.05) is 0 Å². The van der Waals surface area contributed by atoms with Crippen molar-refractivity contribution in [3.05, 3.63) is 71.8 Å². The summed E-state index contributed by atoms with van der Waals surface area (Å²) in [6, 6.07) is 19.0. The molecule has 0 aliphatic heterocycles. The molecule has 0 N–H and O–H groups in total. The van der Waals surface area contributed by atoms with E-state index in [9.17, 15) is 9.59 Å². The molecule has 0 spiro atoms. The van der Waals surface area contributed by atoms with Gasteiger partial charge in [-0.2, -0.15) is 0 Å². The van der Waals surface area contributed by atoms with Crippen molar-refractivity contribution in [3.63, 3.8) is 0 Å². The Morgan fingerprint density at radius 3 is 1.69 bits per heavy atom. The lowest BCUT2D eigenvalue weighted by molar-refractivity contribution is -0.165. The molecule has 0 aliphatic carbocycles. The fourth-order valence-corrected chi connectivity index (χ4v) is 2.80. The second-order valence-corrected chi connectivity index (χ2v) is 6.37. The maximum absolute atomic E-state index is 12.7. The number of benzene rings is 2. The molecule has 0 saturated heterocycles. The van der Waals surface area contributed by atoms with Crippen molar-refractivity contribution < 1.29 is 19.1 Å². The maximum atomic E-state index is 12.7. The first kappa shape index (κ1) is 19.7. The largest absolute Gasteiger partial charge is 0.461 e. The van der Waals surface area contributed by atoms with E-state index in [1.165, 1.54) is 0 Å². The molecule has 0 radical (unpaired) electrons. The third kappa shape index (κ3) is 5.45. The Morgan fingerprint density at radius 2 is 1.23 bits per heavy atom. The summed E-state index contributed by atoms with van der Waals surface area (Å²) in [7, 11) is 0. The van der Waals surface area contributed by atoms with Gasteiger partial charge in [-0.05, 0) is 24.0 Å². The van der Waals surface area contributed by atoms with Gasteiger partial charge in [-0.25, -0.2) is 0 Å². The molecule has 0 aromatic heterocycles. The second kappa shape index (κ2) is 9.76. The molecule has 2 rings (SSSR count). The molecule has 0 atom stereocenters. The Morgan fingerprint density at radius 1 is 0.769 bits per heavy atom. The van der Waals surface area contributed by atoms with Crippen molar-refractivity contribution in [1.82, 2.24) is 0 Å². The van der Waals surface area contributed by atoms with E-state index in [1.54, 1.807) is 0 Å². The fraction of sp³-hybridized carbons (Fsp3) is 0.364. The molecular formula is C22H26O4. The average molecular weight is 354 g/mol. The number of carbonyl (C=O) groups is 2. The van der Waals surface area contributed by atoms with Gasteiger partial charge in [-0.1, -0.05) is 74.5 Å². The van der Waals surface area contributed by atoms with Gasteiger partial charge in [0.2, 0.25) is 0 Å². The van der Waals surface area contributed by atoms with E-state index in [0.717, 1.165) is 11.1 Å². The summed E-state index contributed by atoms with van der Waals surface area (Å²) >= 11 is 0. The number of rotatable bonds is 9. The van der Waals surface area contributed by atoms with Crippen molar-refractivity contribution in [2.75, 3.05) is 0 Å². The Bertz CT molecular complexity index is 691. The van der Waals surface area contributed by atoms with Crippen LogP contribution in [0.15, 0.2) is 60.7 Å². The summed E-state index contributed by atoms with van der Waals surface area (Å²) in [5.74, 6) is -0.725. The quantitative estimate of drug-likeness (QED) is 0.614. The molecule has 2 aromatic rings. The van der Waals surface area contributed by atoms with Crippen LogP contribution in [0.1, 0.15) is 44.2 Å². The van der Waals surface area contributed by atoms with Crippen LogP contribution in [0, 0.1) is 5.41 Å². The standard InChI is InChI=1S/C22H26O4/c1-3-22(4-2,21(24)26-17-19-13-9-6-10-14-19)15-20(23)25-16-18-11-7-5-8-12-18/h5-14H,3-4,15-17H2,1-2H3. The lowest BCUT2D eigenvalue weighted by Gasteiger charge is -2.28. The number of carbonyl (C=O) groups excluding carboxylic acids is 2. The summed E-state index contributed by atoms with van der Waals surface area (Å²) in [5.41, 5.74) is 1.00. The lowest BCUT2D eigenvalue weighted by atomic mass is 9.79. The predicted molar refractivity (Wildman–Crippen MR) is 100 cm³/mol. The average Bonchev–Trinajstić information content (AvgIpc) is 2.70. The minimum Gasteiger partial charge on any atom is -0.461 e. The van der Waals surface area contributed by atoms with Crippen LogP contribution in [-0.4, -0.2) is 11.9 Å². The number of esters is 2. The van der Waals surface area contributed by atoms with Crippen LogP contribution in [0.25, 0.3) is 0 Å². The first-order valence-electron chi connectivity index (χ1n) is 9.00. The van der Waals surface area contributed by atoms with Gasteiger partial charge in [-0.3, -0.25) is 9.59 Å². The highest BCUT2D eigenvalue weighted by Gasteiger charge is 2.39. The molecule has 0 bridgehead atoms. The van der Waals surface area contributed by atoms with Crippen LogP contribution in [0.3, 0.4) is 0 Å². The van der Waals surface area contributed by atoms with Gasteiger partial charge < -0.3 is 9.47 Å². The minimum atomic E-state index is -0.845. The lowest BCUT2D eigenvalue weighted by Crippen LogP contribution is -2.34. The molecule has 0 aliphatic rings. The molecule has 0 saturated carbocycles. The zero-order chi connectivity index (χ0) is 18.8. The van der Waals surface area contributed by atoms with E-state index < -0.39 is 5.41 Å². The van der Waals surface area contributed by atoms with Crippen molar-refractivity contribution >= 4 is 11.9 Å². The zero-order valence-corrected chi connectivity index (χ0v) is 15.4. The van der Waals surface area contributed by atoms with Crippen LogP contribution in [-0.2, 0) is 32.3 Å². The fourth-order valence-electron chi connectivity index (χ4n) is 2.80. The topological polar surface area (TPSA) is 52.6 Å². The SMILES string of the molecule is CCC(CC)(CC(=O)OCc1ccccc1)C(=O)OCc1ccccc1. The first-order chi connectivity index (χ1) is 12.6. The number of ether oxygens (including phenoxy) is 2. The third-order valence-corrected chi connectivity index (χ3v) is 4.72. The summed E-state index contributed by atoms with van der Waals surface area (Å²) < 4.78 is 10.8. The van der Waals surface area contributed by atoms with Gasteiger partial charge >= 0.3 is 11.9 Å². The van der Waals surface area contributed by atoms with Crippen LogP contribution in [0.5, 0.6) is 0 Å². The minimum absolute atomic E-state index is 0.0282. The van der Waals surface area contributed by atoms with Gasteiger partial charge in [-0.15, -0.1) is 0 Å². The Balaban J connectivity index is 1.93. The van der Waals surface area contributed by atoms with Crippen molar-refractivity contribution in [3.8, 4) is 0 Å². The summed E-state index contributed by atoms with van der Waals surface area (Å²) in [6.45, 7) is 4.22. The Labute approximate surface area is 155 Å². The highest BCUT2D eigenvalue weighted by molar-refractivity contribution is 5.83. The van der Waals surface area contributed by atoms with Crippen LogP contribution in [0.2, 0.25) is 0 Å². The molecular weight excluding hydrogens is 328 g/mol. The molecule has 4 heteroatoms. The number of hydrogen-bond acceptors (Lipinski definition) is 4. The summed E-state index contributed by atoms with van der Waals surface area (Å²) in [4.78, 5) is 25.0. The van der Waals surface area contributed by atoms with E-state index in [4.69, 9.17) is 9.47 Å². The van der Waals surface area contributed by atoms with Gasteiger partial charge in [0.05, 0.1) is 11.8 Å². The Kier molecular flexibility index (Phi) is 7.39. The summed E-state index contributed by atoms with van der Waals surface area (Å²) in [6.07, 6.45) is 1.08.